The molecule has 3 N–H and O–H groups in total. The maximum Gasteiger partial charge on any atom is 0.305 e. The summed E-state index contributed by atoms with van der Waals surface area (Å²) in [5.74, 6) is -0.0373. The summed E-state index contributed by atoms with van der Waals surface area (Å²) in [5.41, 5.74) is 0. The van der Waals surface area contributed by atoms with E-state index in [1.165, 1.54) is 372 Å². The number of carbonyl (C=O) groups excluding carboxylic acids is 2. The molecule has 6 heteroatoms. The zero-order chi connectivity index (χ0) is 60.6. The fraction of sp³-hybridized carbons (Fsp3) is 0.923. The summed E-state index contributed by atoms with van der Waals surface area (Å²) in [7, 11) is 0. The molecule has 0 bridgehead atoms. The van der Waals surface area contributed by atoms with Crippen molar-refractivity contribution < 1.29 is 24.5 Å². The van der Waals surface area contributed by atoms with E-state index in [2.05, 4.69) is 31.3 Å². The minimum Gasteiger partial charge on any atom is -0.466 e. The van der Waals surface area contributed by atoms with Gasteiger partial charge in [-0.3, -0.25) is 9.59 Å². The summed E-state index contributed by atoms with van der Waals surface area (Å²) in [6, 6.07) is -0.624. The molecule has 0 saturated carbocycles. The molecular weight excluding hydrogens is 1030 g/mol. The van der Waals surface area contributed by atoms with Crippen LogP contribution in [0.25, 0.3) is 0 Å². The number of nitrogens with one attached hydrogen (secondary N) is 1. The minimum absolute atomic E-state index is 0.0227. The zero-order valence-electron chi connectivity index (χ0n) is 57.2. The van der Waals surface area contributed by atoms with Gasteiger partial charge in [0.25, 0.3) is 0 Å². The molecule has 498 valence electrons. The number of rotatable bonds is 73. The van der Waals surface area contributed by atoms with Crippen molar-refractivity contribution in [2.75, 3.05) is 13.2 Å². The first-order valence-corrected chi connectivity index (χ1v) is 38.6. The van der Waals surface area contributed by atoms with Crippen molar-refractivity contribution in [2.24, 2.45) is 0 Å². The molecule has 0 rings (SSSR count). The lowest BCUT2D eigenvalue weighted by Crippen LogP contribution is -2.45. The zero-order valence-corrected chi connectivity index (χ0v) is 57.2. The van der Waals surface area contributed by atoms with Gasteiger partial charge in [-0.25, -0.2) is 0 Å². The molecule has 0 saturated heterocycles. The van der Waals surface area contributed by atoms with E-state index in [0.717, 1.165) is 38.5 Å². The lowest BCUT2D eigenvalue weighted by Gasteiger charge is -2.20. The topological polar surface area (TPSA) is 95.9 Å². The Kier molecular flexibility index (Phi) is 72.3. The number of hydrogen-bond donors (Lipinski definition) is 3. The highest BCUT2D eigenvalue weighted by Gasteiger charge is 2.18. The van der Waals surface area contributed by atoms with Crippen molar-refractivity contribution >= 4 is 11.9 Å². The number of unbranched alkanes of at least 4 members (excludes halogenated alkanes) is 60. The quantitative estimate of drug-likeness (QED) is 0.0320. The monoisotopic (exact) mass is 1180 g/mol. The normalized spacial score (nSPS) is 12.6. The number of allylic oxidation sites excluding steroid dienone is 3. The van der Waals surface area contributed by atoms with E-state index in [9.17, 15) is 19.8 Å². The largest absolute Gasteiger partial charge is 0.466 e. The molecule has 0 heterocycles. The predicted octanol–water partition coefficient (Wildman–Crippen LogP) is 25.3. The Hall–Kier alpha value is -1.66. The maximum absolute atomic E-state index is 12.5. The Morgan fingerprint density at radius 2 is 0.560 bits per heavy atom. The van der Waals surface area contributed by atoms with Crippen LogP contribution in [0.5, 0.6) is 0 Å². The van der Waals surface area contributed by atoms with Crippen molar-refractivity contribution in [3.05, 3.63) is 24.3 Å². The molecule has 2 unspecified atom stereocenters. The first-order chi connectivity index (χ1) is 41.5. The van der Waals surface area contributed by atoms with Gasteiger partial charge in [-0.15, -0.1) is 0 Å². The lowest BCUT2D eigenvalue weighted by molar-refractivity contribution is -0.143. The molecule has 0 aromatic rings. The van der Waals surface area contributed by atoms with E-state index in [1.807, 2.05) is 6.08 Å². The summed E-state index contributed by atoms with van der Waals surface area (Å²) in [6.45, 7) is 4.94. The van der Waals surface area contributed by atoms with Crippen LogP contribution < -0.4 is 5.32 Å². The highest BCUT2D eigenvalue weighted by Crippen LogP contribution is 2.20. The molecule has 0 aliphatic rings. The van der Waals surface area contributed by atoms with Gasteiger partial charge in [-0.2, -0.15) is 0 Å². The maximum atomic E-state index is 12.5. The smallest absolute Gasteiger partial charge is 0.305 e. The fourth-order valence-corrected chi connectivity index (χ4v) is 12.3. The van der Waals surface area contributed by atoms with Gasteiger partial charge >= 0.3 is 5.97 Å². The molecular formula is C78H151NO5. The molecule has 84 heavy (non-hydrogen) atoms. The third-order valence-electron chi connectivity index (χ3n) is 18.2. The highest BCUT2D eigenvalue weighted by atomic mass is 16.5. The standard InChI is InChI=1S/C78H151NO5/c1-3-5-7-9-11-13-15-16-17-41-44-47-51-54-58-62-66-70-76(81)75(74-80)79-77(82)71-67-63-59-55-52-48-45-42-39-37-35-33-31-29-27-25-23-21-19-18-20-22-24-26-28-30-32-34-36-38-40-43-46-49-53-57-61-65-69-73-84-78(83)72-68-64-60-56-50-14-12-10-8-6-4-2/h18-19,66,70,75-76,80-81H,3-17,20-65,67-69,71-74H2,1-2H3,(H,79,82)/b19-18-,70-66+. The summed E-state index contributed by atoms with van der Waals surface area (Å²) < 4.78 is 5.48. The van der Waals surface area contributed by atoms with Gasteiger partial charge in [0.2, 0.25) is 5.91 Å². The average Bonchev–Trinajstić information content (AvgIpc) is 3.52. The number of carbonyl (C=O) groups is 2. The number of amides is 1. The Balaban J connectivity index is 3.33. The van der Waals surface area contributed by atoms with Crippen LogP contribution in [0.15, 0.2) is 24.3 Å². The predicted molar refractivity (Wildman–Crippen MR) is 370 cm³/mol. The van der Waals surface area contributed by atoms with Crippen LogP contribution >= 0.6 is 0 Å². The molecule has 6 nitrogen and oxygen atoms in total. The molecule has 0 aliphatic heterocycles. The van der Waals surface area contributed by atoms with Crippen LogP contribution in [-0.2, 0) is 14.3 Å². The van der Waals surface area contributed by atoms with E-state index < -0.39 is 12.1 Å². The van der Waals surface area contributed by atoms with Crippen molar-refractivity contribution in [3.63, 3.8) is 0 Å². The molecule has 2 atom stereocenters. The molecule has 0 spiro atoms. The number of ether oxygens (including phenoxy) is 1. The third-order valence-corrected chi connectivity index (χ3v) is 18.2. The number of hydrogen-bond acceptors (Lipinski definition) is 5. The minimum atomic E-state index is -0.841. The lowest BCUT2D eigenvalue weighted by atomic mass is 10.0. The van der Waals surface area contributed by atoms with Crippen LogP contribution in [0.2, 0.25) is 0 Å². The van der Waals surface area contributed by atoms with Gasteiger partial charge in [0.05, 0.1) is 25.4 Å². The summed E-state index contributed by atoms with van der Waals surface area (Å²) >= 11 is 0. The number of aliphatic hydroxyl groups is 2. The van der Waals surface area contributed by atoms with Gasteiger partial charge in [0.15, 0.2) is 0 Å². The van der Waals surface area contributed by atoms with Crippen LogP contribution in [-0.4, -0.2) is 47.4 Å². The average molecular weight is 1180 g/mol. The van der Waals surface area contributed by atoms with Gasteiger partial charge < -0.3 is 20.3 Å². The second-order valence-electron chi connectivity index (χ2n) is 26.7. The van der Waals surface area contributed by atoms with Gasteiger partial charge in [0.1, 0.15) is 0 Å². The van der Waals surface area contributed by atoms with Crippen LogP contribution in [0.3, 0.4) is 0 Å². The molecule has 0 aromatic heterocycles. The van der Waals surface area contributed by atoms with Gasteiger partial charge in [0, 0.05) is 12.8 Å². The molecule has 1 amide bonds. The van der Waals surface area contributed by atoms with Crippen LogP contribution in [0.1, 0.15) is 438 Å². The van der Waals surface area contributed by atoms with E-state index in [-0.39, 0.29) is 18.5 Å². The van der Waals surface area contributed by atoms with E-state index in [1.54, 1.807) is 6.08 Å². The Labute approximate surface area is 526 Å². The van der Waals surface area contributed by atoms with E-state index in [4.69, 9.17) is 4.74 Å². The molecule has 0 fully saturated rings. The molecule has 0 radical (unpaired) electrons. The van der Waals surface area contributed by atoms with Crippen molar-refractivity contribution in [1.29, 1.82) is 0 Å². The van der Waals surface area contributed by atoms with Gasteiger partial charge in [-0.1, -0.05) is 391 Å². The number of esters is 1. The van der Waals surface area contributed by atoms with Crippen molar-refractivity contribution in [3.8, 4) is 0 Å². The summed E-state index contributed by atoms with van der Waals surface area (Å²) in [6.07, 6.45) is 94.5. The van der Waals surface area contributed by atoms with E-state index >= 15 is 0 Å². The van der Waals surface area contributed by atoms with Crippen LogP contribution in [0.4, 0.5) is 0 Å². The molecule has 0 aromatic carbocycles. The summed E-state index contributed by atoms with van der Waals surface area (Å²) in [4.78, 5) is 24.5. The fourth-order valence-electron chi connectivity index (χ4n) is 12.3. The number of aliphatic hydroxyl groups excluding tert-OH is 2. The van der Waals surface area contributed by atoms with E-state index in [0.29, 0.717) is 19.4 Å². The Bertz CT molecular complexity index is 1320. The van der Waals surface area contributed by atoms with Crippen molar-refractivity contribution in [2.45, 2.75) is 450 Å². The molecule has 0 aliphatic carbocycles. The Morgan fingerprint density at radius 1 is 0.321 bits per heavy atom. The third kappa shape index (κ3) is 69.4. The SMILES string of the molecule is CCCCCCCCCCCCCCCCC/C=C/C(O)C(CO)NC(=O)CCCCCCCCCCCCCCCCCCC/C=C\CCCCCCCCCCCCCCCCCCCCOC(=O)CCCCCCCCCCCCC. The van der Waals surface area contributed by atoms with Crippen molar-refractivity contribution in [1.82, 2.24) is 5.32 Å². The van der Waals surface area contributed by atoms with Crippen LogP contribution in [0, 0.1) is 0 Å². The first kappa shape index (κ1) is 82.3. The Morgan fingerprint density at radius 3 is 0.845 bits per heavy atom. The van der Waals surface area contributed by atoms with Gasteiger partial charge in [-0.05, 0) is 57.8 Å². The second-order valence-corrected chi connectivity index (χ2v) is 26.7. The highest BCUT2D eigenvalue weighted by molar-refractivity contribution is 5.76. The first-order valence-electron chi connectivity index (χ1n) is 38.6. The second kappa shape index (κ2) is 73.8. The summed E-state index contributed by atoms with van der Waals surface area (Å²) in [5, 5.41) is 23.2.